The molecule has 1 amide bonds. The van der Waals surface area contributed by atoms with E-state index >= 15 is 0 Å². The minimum atomic E-state index is -4.35. The molecule has 3 atom stereocenters. The number of hydrogen-bond acceptors (Lipinski definition) is 5. The number of fused-ring (bicyclic) bond motifs is 1. The zero-order chi connectivity index (χ0) is 21.6. The predicted octanol–water partition coefficient (Wildman–Crippen LogP) is 4.07. The molecule has 4 heterocycles. The number of hydrogen-bond donors (Lipinski definition) is 1. The molecule has 0 saturated carbocycles. The molecule has 4 rings (SSSR count). The number of amides is 1. The van der Waals surface area contributed by atoms with Crippen molar-refractivity contribution < 1.29 is 22.5 Å². The van der Waals surface area contributed by atoms with E-state index in [4.69, 9.17) is 4.52 Å². The number of rotatable bonds is 4. The van der Waals surface area contributed by atoms with Gasteiger partial charge < -0.3 is 14.7 Å². The van der Waals surface area contributed by atoms with Gasteiger partial charge in [-0.15, -0.1) is 0 Å². The molecular weight excluding hydrogens is 399 g/mol. The van der Waals surface area contributed by atoms with Crippen LogP contribution in [-0.4, -0.2) is 51.1 Å². The van der Waals surface area contributed by atoms with Crippen molar-refractivity contribution >= 4 is 11.7 Å². The predicted molar refractivity (Wildman–Crippen MR) is 104 cm³/mol. The van der Waals surface area contributed by atoms with Gasteiger partial charge in [-0.1, -0.05) is 19.0 Å². The van der Waals surface area contributed by atoms with Crippen LogP contribution < -0.4 is 5.32 Å². The maximum Gasteiger partial charge on any atom is 0.410 e. The molecule has 7 nitrogen and oxygen atoms in total. The highest BCUT2D eigenvalue weighted by Gasteiger charge is 2.46. The summed E-state index contributed by atoms with van der Waals surface area (Å²) in [6.45, 7) is 6.44. The van der Waals surface area contributed by atoms with E-state index in [0.717, 1.165) is 4.68 Å². The molecular formula is C20H26F3N5O2. The summed E-state index contributed by atoms with van der Waals surface area (Å²) >= 11 is 0. The molecule has 2 aromatic rings. The number of carbonyl (C=O) groups is 1. The second-order valence-corrected chi connectivity index (χ2v) is 8.10. The second-order valence-electron chi connectivity index (χ2n) is 8.10. The van der Waals surface area contributed by atoms with Crippen molar-refractivity contribution in [2.24, 2.45) is 0 Å². The Morgan fingerprint density at radius 2 is 2.13 bits per heavy atom. The molecule has 164 valence electrons. The minimum Gasteiger partial charge on any atom is -0.367 e. The van der Waals surface area contributed by atoms with Gasteiger partial charge in [0.25, 0.3) is 5.91 Å². The Morgan fingerprint density at radius 1 is 1.37 bits per heavy atom. The lowest BCUT2D eigenvalue weighted by molar-refractivity contribution is -0.173. The fourth-order valence-electron chi connectivity index (χ4n) is 4.41. The van der Waals surface area contributed by atoms with E-state index in [1.54, 1.807) is 17.9 Å². The van der Waals surface area contributed by atoms with Crippen LogP contribution in [-0.2, 0) is 6.42 Å². The van der Waals surface area contributed by atoms with E-state index in [9.17, 15) is 18.0 Å². The van der Waals surface area contributed by atoms with E-state index < -0.39 is 12.2 Å². The highest BCUT2D eigenvalue weighted by atomic mass is 19.4. The topological polar surface area (TPSA) is 76.2 Å². The lowest BCUT2D eigenvalue weighted by Crippen LogP contribution is -2.38. The number of alkyl halides is 3. The third kappa shape index (κ3) is 3.56. The number of aromatic nitrogens is 3. The summed E-state index contributed by atoms with van der Waals surface area (Å²) in [6, 6.07) is -0.154. The summed E-state index contributed by atoms with van der Waals surface area (Å²) in [5.41, 5.74) is 1.64. The summed E-state index contributed by atoms with van der Waals surface area (Å²) < 4.78 is 47.1. The largest absolute Gasteiger partial charge is 0.410 e. The molecule has 2 aliphatic rings. The Kier molecular flexibility index (Phi) is 5.27. The summed E-state index contributed by atoms with van der Waals surface area (Å²) in [4.78, 5) is 14.7. The Morgan fingerprint density at radius 3 is 2.80 bits per heavy atom. The molecule has 1 fully saturated rings. The third-order valence-corrected chi connectivity index (χ3v) is 6.14. The quantitative estimate of drug-likeness (QED) is 0.799. The van der Waals surface area contributed by atoms with Crippen molar-refractivity contribution in [2.75, 3.05) is 18.4 Å². The minimum absolute atomic E-state index is 0.0318. The van der Waals surface area contributed by atoms with Crippen LogP contribution in [0.2, 0.25) is 0 Å². The van der Waals surface area contributed by atoms with Crippen LogP contribution >= 0.6 is 0 Å². The standard InChI is InChI=1S/C20H26F3N5O2/c1-4-13-8-16(20(21,22)23)28-17(24-13)9-14(25-28)12-6-7-27(10-12)19(29)18-11(3)26-30-15(18)5-2/h9,12-13,16,24H,4-8,10H2,1-3H3/t12?,13-,16-/m1/s1. The van der Waals surface area contributed by atoms with Gasteiger partial charge >= 0.3 is 6.18 Å². The van der Waals surface area contributed by atoms with Gasteiger partial charge in [0.1, 0.15) is 17.1 Å². The third-order valence-electron chi connectivity index (χ3n) is 6.14. The van der Waals surface area contributed by atoms with Gasteiger partial charge in [-0.25, -0.2) is 4.68 Å². The van der Waals surface area contributed by atoms with Gasteiger partial charge in [0, 0.05) is 37.5 Å². The Balaban J connectivity index is 1.55. The highest BCUT2D eigenvalue weighted by Crippen LogP contribution is 2.41. The Bertz CT molecular complexity index is 936. The van der Waals surface area contributed by atoms with Gasteiger partial charge in [-0.2, -0.15) is 18.3 Å². The van der Waals surface area contributed by atoms with E-state index in [1.165, 1.54) is 0 Å². The van der Waals surface area contributed by atoms with Crippen molar-refractivity contribution in [1.29, 1.82) is 0 Å². The van der Waals surface area contributed by atoms with Crippen LogP contribution in [0.4, 0.5) is 19.0 Å². The van der Waals surface area contributed by atoms with Crippen molar-refractivity contribution in [3.05, 3.63) is 28.8 Å². The first-order chi connectivity index (χ1) is 14.2. The molecule has 30 heavy (non-hydrogen) atoms. The van der Waals surface area contributed by atoms with Crippen LogP contribution in [0.25, 0.3) is 0 Å². The second kappa shape index (κ2) is 7.63. The maximum absolute atomic E-state index is 13.6. The van der Waals surface area contributed by atoms with E-state index in [-0.39, 0.29) is 24.3 Å². The molecule has 10 heteroatoms. The number of likely N-dealkylation sites (tertiary alicyclic amines) is 1. The van der Waals surface area contributed by atoms with Gasteiger partial charge in [0.15, 0.2) is 6.04 Å². The lowest BCUT2D eigenvalue weighted by Gasteiger charge is -2.32. The van der Waals surface area contributed by atoms with Gasteiger partial charge in [-0.05, 0) is 26.2 Å². The number of anilines is 1. The van der Waals surface area contributed by atoms with E-state index in [1.807, 2.05) is 13.8 Å². The average molecular weight is 425 g/mol. The molecule has 0 aromatic carbocycles. The van der Waals surface area contributed by atoms with Crippen molar-refractivity contribution in [2.45, 2.75) is 70.6 Å². The van der Waals surface area contributed by atoms with Crippen LogP contribution in [0.15, 0.2) is 10.6 Å². The molecule has 0 bridgehead atoms. The van der Waals surface area contributed by atoms with Crippen LogP contribution in [0, 0.1) is 6.92 Å². The zero-order valence-electron chi connectivity index (χ0n) is 17.3. The van der Waals surface area contributed by atoms with Gasteiger partial charge in [0.2, 0.25) is 0 Å². The highest BCUT2D eigenvalue weighted by molar-refractivity contribution is 5.96. The fraction of sp³-hybridized carbons (Fsp3) is 0.650. The molecule has 0 spiro atoms. The first kappa shape index (κ1) is 20.7. The number of nitrogens with zero attached hydrogens (tertiary/aromatic N) is 4. The average Bonchev–Trinajstić information content (AvgIpc) is 3.42. The number of aryl methyl sites for hydroxylation is 2. The molecule has 1 N–H and O–H groups in total. The summed E-state index contributed by atoms with van der Waals surface area (Å²) in [7, 11) is 0. The molecule has 0 radical (unpaired) electrons. The smallest absolute Gasteiger partial charge is 0.367 e. The lowest BCUT2D eigenvalue weighted by atomic mass is 10.0. The SMILES string of the molecule is CCc1onc(C)c1C(=O)N1CCC(c2cc3n(n2)[C@@H](C(F)(F)F)C[C@@H](CC)N3)C1. The van der Waals surface area contributed by atoms with Crippen LogP contribution in [0.1, 0.15) is 72.6 Å². The first-order valence-electron chi connectivity index (χ1n) is 10.4. The van der Waals surface area contributed by atoms with Crippen molar-refractivity contribution in [1.82, 2.24) is 19.8 Å². The Hall–Kier alpha value is -2.52. The summed E-state index contributed by atoms with van der Waals surface area (Å²) in [5, 5.41) is 11.4. The molecule has 1 saturated heterocycles. The number of nitrogens with one attached hydrogen (secondary N) is 1. The molecule has 2 aliphatic heterocycles. The van der Waals surface area contributed by atoms with Crippen LogP contribution in [0.3, 0.4) is 0 Å². The monoisotopic (exact) mass is 425 g/mol. The number of carbonyl (C=O) groups excluding carboxylic acids is 1. The normalized spacial score (nSPS) is 24.1. The summed E-state index contributed by atoms with van der Waals surface area (Å²) in [5.74, 6) is 0.710. The summed E-state index contributed by atoms with van der Waals surface area (Å²) in [6.07, 6.45) is -2.56. The van der Waals surface area contributed by atoms with Crippen LogP contribution in [0.5, 0.6) is 0 Å². The van der Waals surface area contributed by atoms with Gasteiger partial charge in [-0.3, -0.25) is 4.79 Å². The van der Waals surface area contributed by atoms with Gasteiger partial charge in [0.05, 0.1) is 11.4 Å². The van der Waals surface area contributed by atoms with E-state index in [2.05, 4.69) is 15.6 Å². The molecule has 0 aliphatic carbocycles. The maximum atomic E-state index is 13.6. The fourth-order valence-corrected chi connectivity index (χ4v) is 4.41. The van der Waals surface area contributed by atoms with Crippen molar-refractivity contribution in [3.63, 3.8) is 0 Å². The van der Waals surface area contributed by atoms with E-state index in [0.29, 0.717) is 60.9 Å². The Labute approximate surface area is 172 Å². The zero-order valence-corrected chi connectivity index (χ0v) is 17.3. The first-order valence-corrected chi connectivity index (χ1v) is 10.4. The molecule has 2 aromatic heterocycles. The number of halogens is 3. The van der Waals surface area contributed by atoms with Crippen molar-refractivity contribution in [3.8, 4) is 0 Å². The molecule has 1 unspecified atom stereocenters.